The number of hydrogen-bond acceptors (Lipinski definition) is 4. The Morgan fingerprint density at radius 3 is 2.24 bits per heavy atom. The molecule has 0 aromatic heterocycles. The highest BCUT2D eigenvalue weighted by Crippen LogP contribution is 2.44. The lowest BCUT2D eigenvalue weighted by Gasteiger charge is -2.44. The van der Waals surface area contributed by atoms with Crippen LogP contribution in [0.2, 0.25) is 0 Å². The first-order chi connectivity index (χ1) is 13.9. The molecule has 162 valence electrons. The highest BCUT2D eigenvalue weighted by molar-refractivity contribution is 7.89. The Morgan fingerprint density at radius 2 is 1.69 bits per heavy atom. The van der Waals surface area contributed by atoms with Gasteiger partial charge in [0.1, 0.15) is 5.75 Å². The predicted molar refractivity (Wildman–Crippen MR) is 114 cm³/mol. The fourth-order valence-corrected chi connectivity index (χ4v) is 6.37. The van der Waals surface area contributed by atoms with Crippen molar-refractivity contribution in [1.82, 2.24) is 9.21 Å². The second kappa shape index (κ2) is 9.04. The van der Waals surface area contributed by atoms with Gasteiger partial charge in [-0.3, -0.25) is 4.79 Å². The molecule has 1 aliphatic carbocycles. The van der Waals surface area contributed by atoms with Crippen molar-refractivity contribution in [3.8, 4) is 5.75 Å². The van der Waals surface area contributed by atoms with Crippen LogP contribution in [0.15, 0.2) is 23.1 Å². The van der Waals surface area contributed by atoms with Gasteiger partial charge < -0.3 is 9.64 Å². The van der Waals surface area contributed by atoms with Crippen molar-refractivity contribution >= 4 is 15.9 Å². The van der Waals surface area contributed by atoms with Crippen LogP contribution in [0.4, 0.5) is 0 Å². The second-order valence-corrected chi connectivity index (χ2v) is 10.2. The number of methoxy groups -OCH3 is 1. The van der Waals surface area contributed by atoms with E-state index in [-0.39, 0.29) is 10.8 Å². The Hall–Kier alpha value is -1.60. The molecular weight excluding hydrogens is 388 g/mol. The van der Waals surface area contributed by atoms with E-state index in [4.69, 9.17) is 4.74 Å². The third-order valence-electron chi connectivity index (χ3n) is 6.77. The molecule has 1 aromatic carbocycles. The summed E-state index contributed by atoms with van der Waals surface area (Å²) >= 11 is 0. The lowest BCUT2D eigenvalue weighted by Crippen LogP contribution is -2.44. The summed E-state index contributed by atoms with van der Waals surface area (Å²) in [6.07, 6.45) is 8.55. The van der Waals surface area contributed by atoms with Crippen LogP contribution < -0.4 is 4.74 Å². The highest BCUT2D eigenvalue weighted by Gasteiger charge is 2.37. The topological polar surface area (TPSA) is 66.9 Å². The second-order valence-electron chi connectivity index (χ2n) is 8.30. The number of benzene rings is 1. The van der Waals surface area contributed by atoms with Gasteiger partial charge in [-0.15, -0.1) is 0 Å². The standard InChI is InChI=1S/C22H34N2O4S/c1-4-24(5-2)29(26,27)18-9-10-20(28-3)19(17-18)21(25)23-15-13-22(14-16-23)11-7-6-8-12-22/h9-10,17H,4-8,11-16H2,1-3H3. The number of ether oxygens (including phenoxy) is 1. The van der Waals surface area contributed by atoms with Crippen molar-refractivity contribution in [2.75, 3.05) is 33.3 Å². The van der Waals surface area contributed by atoms with E-state index in [0.29, 0.717) is 29.8 Å². The van der Waals surface area contributed by atoms with Crippen molar-refractivity contribution in [3.63, 3.8) is 0 Å². The summed E-state index contributed by atoms with van der Waals surface area (Å²) < 4.78 is 32.6. The van der Waals surface area contributed by atoms with Gasteiger partial charge in [-0.1, -0.05) is 33.1 Å². The van der Waals surface area contributed by atoms with Crippen molar-refractivity contribution < 1.29 is 17.9 Å². The number of carbonyl (C=O) groups excluding carboxylic acids is 1. The molecule has 0 N–H and O–H groups in total. The van der Waals surface area contributed by atoms with Crippen LogP contribution in [-0.4, -0.2) is 56.8 Å². The summed E-state index contributed by atoms with van der Waals surface area (Å²) in [7, 11) is -2.12. The summed E-state index contributed by atoms with van der Waals surface area (Å²) in [5, 5.41) is 0. The Bertz CT molecular complexity index is 817. The average molecular weight is 423 g/mol. The molecule has 29 heavy (non-hydrogen) atoms. The maximum absolute atomic E-state index is 13.3. The van der Waals surface area contributed by atoms with Crippen LogP contribution in [0.1, 0.15) is 69.2 Å². The lowest BCUT2D eigenvalue weighted by atomic mass is 9.68. The number of nitrogens with zero attached hydrogens (tertiary/aromatic N) is 2. The first-order valence-electron chi connectivity index (χ1n) is 10.8. The van der Waals surface area contributed by atoms with E-state index >= 15 is 0 Å². The number of sulfonamides is 1. The van der Waals surface area contributed by atoms with Crippen molar-refractivity contribution in [3.05, 3.63) is 23.8 Å². The van der Waals surface area contributed by atoms with Crippen molar-refractivity contribution in [2.45, 2.75) is 63.7 Å². The Kier molecular flexibility index (Phi) is 6.89. The molecule has 1 aliphatic heterocycles. The minimum absolute atomic E-state index is 0.135. The Morgan fingerprint density at radius 1 is 1.07 bits per heavy atom. The number of amides is 1. The van der Waals surface area contributed by atoms with Gasteiger partial charge in [0.25, 0.3) is 5.91 Å². The lowest BCUT2D eigenvalue weighted by molar-refractivity contribution is 0.0469. The van der Waals surface area contributed by atoms with Crippen LogP contribution in [-0.2, 0) is 10.0 Å². The van der Waals surface area contributed by atoms with E-state index in [2.05, 4.69) is 0 Å². The molecule has 1 heterocycles. The first-order valence-corrected chi connectivity index (χ1v) is 12.3. The van der Waals surface area contributed by atoms with Gasteiger partial charge in [0, 0.05) is 26.2 Å². The number of rotatable bonds is 6. The number of carbonyl (C=O) groups is 1. The molecule has 0 atom stereocenters. The predicted octanol–water partition coefficient (Wildman–Crippen LogP) is 3.91. The average Bonchev–Trinajstić information content (AvgIpc) is 2.74. The number of piperidine rings is 1. The van der Waals surface area contributed by atoms with Gasteiger partial charge in [-0.25, -0.2) is 8.42 Å². The number of hydrogen-bond donors (Lipinski definition) is 0. The van der Waals surface area contributed by atoms with Gasteiger partial charge in [0.2, 0.25) is 10.0 Å². The summed E-state index contributed by atoms with van der Waals surface area (Å²) in [4.78, 5) is 15.3. The molecule has 1 saturated heterocycles. The van der Waals surface area contributed by atoms with Crippen molar-refractivity contribution in [1.29, 1.82) is 0 Å². The largest absolute Gasteiger partial charge is 0.496 e. The van der Waals surface area contributed by atoms with E-state index in [1.807, 2.05) is 18.7 Å². The molecule has 2 aliphatic rings. The molecule has 3 rings (SSSR count). The summed E-state index contributed by atoms with van der Waals surface area (Å²) in [6.45, 7) is 5.87. The maximum Gasteiger partial charge on any atom is 0.257 e. The van der Waals surface area contributed by atoms with Crippen molar-refractivity contribution in [2.24, 2.45) is 5.41 Å². The highest BCUT2D eigenvalue weighted by atomic mass is 32.2. The summed E-state index contributed by atoms with van der Waals surface area (Å²) in [5.41, 5.74) is 0.743. The normalized spacial score (nSPS) is 19.5. The minimum Gasteiger partial charge on any atom is -0.496 e. The van der Waals surface area contributed by atoms with Crippen LogP contribution in [0.3, 0.4) is 0 Å². The minimum atomic E-state index is -3.63. The Labute approximate surface area is 175 Å². The molecular formula is C22H34N2O4S. The molecule has 0 radical (unpaired) electrons. The van der Waals surface area contributed by atoms with Crippen LogP contribution in [0.25, 0.3) is 0 Å². The molecule has 1 amide bonds. The summed E-state index contributed by atoms with van der Waals surface area (Å²) in [5.74, 6) is 0.288. The third kappa shape index (κ3) is 4.45. The van der Waals surface area contributed by atoms with Gasteiger partial charge in [-0.2, -0.15) is 4.31 Å². The molecule has 7 heteroatoms. The third-order valence-corrected chi connectivity index (χ3v) is 8.82. The molecule has 1 aromatic rings. The van der Waals surface area contributed by atoms with E-state index in [1.54, 1.807) is 6.07 Å². The molecule has 2 fully saturated rings. The Balaban J connectivity index is 1.83. The van der Waals surface area contributed by atoms with E-state index in [1.165, 1.54) is 55.7 Å². The fourth-order valence-electron chi connectivity index (χ4n) is 4.88. The first kappa shape index (κ1) is 22.1. The monoisotopic (exact) mass is 422 g/mol. The van der Waals surface area contributed by atoms with Crippen LogP contribution in [0, 0.1) is 5.41 Å². The zero-order valence-electron chi connectivity index (χ0n) is 17.9. The quantitative estimate of drug-likeness (QED) is 0.697. The molecule has 0 unspecified atom stereocenters. The molecule has 0 bridgehead atoms. The van der Waals surface area contributed by atoms with Gasteiger partial charge in [0.15, 0.2) is 0 Å². The van der Waals surface area contributed by atoms with Crippen LogP contribution in [0.5, 0.6) is 5.75 Å². The zero-order valence-corrected chi connectivity index (χ0v) is 18.8. The smallest absolute Gasteiger partial charge is 0.257 e. The van der Waals surface area contributed by atoms with E-state index in [9.17, 15) is 13.2 Å². The van der Waals surface area contributed by atoms with Gasteiger partial charge >= 0.3 is 0 Å². The SMILES string of the molecule is CCN(CC)S(=O)(=O)c1ccc(OC)c(C(=O)N2CCC3(CCCCC3)CC2)c1. The fraction of sp³-hybridized carbons (Fsp3) is 0.682. The van der Waals surface area contributed by atoms with Gasteiger partial charge in [0.05, 0.1) is 17.6 Å². The van der Waals surface area contributed by atoms with E-state index < -0.39 is 10.0 Å². The number of likely N-dealkylation sites (tertiary alicyclic amines) is 1. The zero-order chi connectivity index (χ0) is 21.1. The maximum atomic E-state index is 13.3. The molecule has 6 nitrogen and oxygen atoms in total. The van der Waals surface area contributed by atoms with E-state index in [0.717, 1.165) is 25.9 Å². The molecule has 1 spiro atoms. The molecule has 1 saturated carbocycles. The van der Waals surface area contributed by atoms with Crippen LogP contribution >= 0.6 is 0 Å². The summed E-state index contributed by atoms with van der Waals surface area (Å²) in [6, 6.07) is 4.60. The van der Waals surface area contributed by atoms with Gasteiger partial charge in [-0.05, 0) is 49.3 Å².